The van der Waals surface area contributed by atoms with Gasteiger partial charge in [-0.2, -0.15) is 0 Å². The van der Waals surface area contributed by atoms with Gasteiger partial charge in [-0.1, -0.05) is 54.4 Å². The van der Waals surface area contributed by atoms with Crippen LogP contribution in [0.5, 0.6) is 0 Å². The van der Waals surface area contributed by atoms with Crippen molar-refractivity contribution in [2.75, 3.05) is 6.54 Å². The zero-order valence-corrected chi connectivity index (χ0v) is 13.1. The lowest BCUT2D eigenvalue weighted by Crippen LogP contribution is -2.52. The maximum atomic E-state index is 3.81. The number of hydrogen-bond acceptors (Lipinski definition) is 1. The maximum Gasteiger partial charge on any atom is 0.0207 e. The Bertz CT molecular complexity index is 380. The lowest BCUT2D eigenvalue weighted by molar-refractivity contribution is 0.170. The van der Waals surface area contributed by atoms with Crippen molar-refractivity contribution in [3.8, 4) is 0 Å². The predicted octanol–water partition coefficient (Wildman–Crippen LogP) is 4.55. The highest BCUT2D eigenvalue weighted by molar-refractivity contribution is 9.10. The SMILES string of the molecule is CC(C)C1(CCc2ccccc2Br)CCCCN1. The first-order valence-electron chi connectivity index (χ1n) is 7.12. The van der Waals surface area contributed by atoms with Gasteiger partial charge in [-0.3, -0.25) is 0 Å². The van der Waals surface area contributed by atoms with Gasteiger partial charge < -0.3 is 5.32 Å². The van der Waals surface area contributed by atoms with Gasteiger partial charge in [0.25, 0.3) is 0 Å². The molecule has 1 aliphatic rings. The third-order valence-corrected chi connectivity index (χ3v) is 5.20. The Kier molecular flexibility index (Phi) is 4.85. The van der Waals surface area contributed by atoms with Crippen LogP contribution in [0.25, 0.3) is 0 Å². The summed E-state index contributed by atoms with van der Waals surface area (Å²) in [6.07, 6.45) is 6.44. The van der Waals surface area contributed by atoms with E-state index in [9.17, 15) is 0 Å². The highest BCUT2D eigenvalue weighted by atomic mass is 79.9. The van der Waals surface area contributed by atoms with Gasteiger partial charge >= 0.3 is 0 Å². The summed E-state index contributed by atoms with van der Waals surface area (Å²) in [6.45, 7) is 5.91. The van der Waals surface area contributed by atoms with Crippen LogP contribution in [0.1, 0.15) is 45.1 Å². The van der Waals surface area contributed by atoms with Gasteiger partial charge in [0.05, 0.1) is 0 Å². The lowest BCUT2D eigenvalue weighted by atomic mass is 9.75. The number of hydrogen-bond donors (Lipinski definition) is 1. The Morgan fingerprint density at radius 1 is 1.28 bits per heavy atom. The van der Waals surface area contributed by atoms with Crippen molar-refractivity contribution in [2.45, 2.75) is 51.5 Å². The summed E-state index contributed by atoms with van der Waals surface area (Å²) in [5.41, 5.74) is 1.79. The fourth-order valence-corrected chi connectivity index (χ4v) is 3.53. The average Bonchev–Trinajstić information content (AvgIpc) is 2.39. The molecule has 2 rings (SSSR count). The topological polar surface area (TPSA) is 12.0 Å². The number of aryl methyl sites for hydroxylation is 1. The van der Waals surface area contributed by atoms with E-state index in [2.05, 4.69) is 59.4 Å². The van der Waals surface area contributed by atoms with Crippen LogP contribution in [0.4, 0.5) is 0 Å². The number of piperidine rings is 1. The Morgan fingerprint density at radius 3 is 2.67 bits per heavy atom. The highest BCUT2D eigenvalue weighted by Crippen LogP contribution is 2.32. The molecule has 1 atom stereocenters. The standard InChI is InChI=1S/C16H24BrN/c1-13(2)16(10-5-6-12-18-16)11-9-14-7-3-4-8-15(14)17/h3-4,7-8,13,18H,5-6,9-12H2,1-2H3. The van der Waals surface area contributed by atoms with E-state index in [1.165, 1.54) is 42.3 Å². The van der Waals surface area contributed by atoms with Crippen LogP contribution in [0.3, 0.4) is 0 Å². The maximum absolute atomic E-state index is 3.81. The molecule has 0 bridgehead atoms. The Morgan fingerprint density at radius 2 is 2.06 bits per heavy atom. The fourth-order valence-electron chi connectivity index (χ4n) is 3.04. The number of nitrogens with one attached hydrogen (secondary N) is 1. The highest BCUT2D eigenvalue weighted by Gasteiger charge is 2.34. The minimum Gasteiger partial charge on any atom is -0.311 e. The van der Waals surface area contributed by atoms with Gasteiger partial charge in [0.2, 0.25) is 0 Å². The van der Waals surface area contributed by atoms with Crippen LogP contribution in [0.2, 0.25) is 0 Å². The van der Waals surface area contributed by atoms with Crippen molar-refractivity contribution in [2.24, 2.45) is 5.92 Å². The predicted molar refractivity (Wildman–Crippen MR) is 81.9 cm³/mol. The minimum atomic E-state index is 0.355. The third-order valence-electron chi connectivity index (χ3n) is 4.43. The fraction of sp³-hybridized carbons (Fsp3) is 0.625. The van der Waals surface area contributed by atoms with Crippen LogP contribution >= 0.6 is 15.9 Å². The second-order valence-electron chi connectivity index (χ2n) is 5.79. The van der Waals surface area contributed by atoms with Gasteiger partial charge in [-0.15, -0.1) is 0 Å². The zero-order valence-electron chi connectivity index (χ0n) is 11.5. The van der Waals surface area contributed by atoms with E-state index >= 15 is 0 Å². The van der Waals surface area contributed by atoms with E-state index in [1.54, 1.807) is 0 Å². The Hall–Kier alpha value is -0.340. The van der Waals surface area contributed by atoms with Crippen LogP contribution in [-0.4, -0.2) is 12.1 Å². The Labute approximate surface area is 119 Å². The van der Waals surface area contributed by atoms with Gasteiger partial charge in [0, 0.05) is 10.0 Å². The summed E-state index contributed by atoms with van der Waals surface area (Å²) in [5.74, 6) is 0.709. The third kappa shape index (κ3) is 3.16. The molecule has 1 aliphatic heterocycles. The van der Waals surface area contributed by atoms with Crippen molar-refractivity contribution >= 4 is 15.9 Å². The molecule has 0 aliphatic carbocycles. The zero-order chi connectivity index (χ0) is 13.0. The molecule has 0 radical (unpaired) electrons. The van der Waals surface area contributed by atoms with E-state index in [4.69, 9.17) is 0 Å². The molecule has 1 saturated heterocycles. The van der Waals surface area contributed by atoms with E-state index in [0.29, 0.717) is 11.5 Å². The van der Waals surface area contributed by atoms with Gasteiger partial charge in [0.15, 0.2) is 0 Å². The molecule has 1 aromatic carbocycles. The molecule has 1 N–H and O–H groups in total. The molecule has 100 valence electrons. The summed E-state index contributed by atoms with van der Waals surface area (Å²) in [6, 6.07) is 8.60. The first kappa shape index (κ1) is 14.1. The molecule has 1 fully saturated rings. The number of rotatable bonds is 4. The molecule has 1 heterocycles. The summed E-state index contributed by atoms with van der Waals surface area (Å²) >= 11 is 3.66. The van der Waals surface area contributed by atoms with Crippen LogP contribution < -0.4 is 5.32 Å². The first-order chi connectivity index (χ1) is 8.64. The summed E-state index contributed by atoms with van der Waals surface area (Å²) < 4.78 is 1.25. The monoisotopic (exact) mass is 309 g/mol. The molecule has 0 amide bonds. The molecule has 0 spiro atoms. The molecule has 0 saturated carbocycles. The average molecular weight is 310 g/mol. The van der Waals surface area contributed by atoms with Crippen molar-refractivity contribution < 1.29 is 0 Å². The smallest absolute Gasteiger partial charge is 0.0207 e. The normalized spacial score (nSPS) is 24.4. The lowest BCUT2D eigenvalue weighted by Gasteiger charge is -2.42. The second kappa shape index (κ2) is 6.21. The van der Waals surface area contributed by atoms with Crippen LogP contribution in [-0.2, 0) is 6.42 Å². The van der Waals surface area contributed by atoms with Gasteiger partial charge in [0.1, 0.15) is 0 Å². The van der Waals surface area contributed by atoms with Gasteiger partial charge in [-0.05, 0) is 49.8 Å². The molecule has 1 nitrogen and oxygen atoms in total. The van der Waals surface area contributed by atoms with Crippen molar-refractivity contribution in [3.05, 3.63) is 34.3 Å². The molecule has 0 aromatic heterocycles. The van der Waals surface area contributed by atoms with E-state index < -0.39 is 0 Å². The van der Waals surface area contributed by atoms with Crippen molar-refractivity contribution in [1.82, 2.24) is 5.32 Å². The quantitative estimate of drug-likeness (QED) is 0.860. The van der Waals surface area contributed by atoms with Crippen LogP contribution in [0, 0.1) is 5.92 Å². The van der Waals surface area contributed by atoms with Crippen LogP contribution in [0.15, 0.2) is 28.7 Å². The summed E-state index contributed by atoms with van der Waals surface area (Å²) in [4.78, 5) is 0. The summed E-state index contributed by atoms with van der Waals surface area (Å²) in [7, 11) is 0. The molecule has 2 heteroatoms. The molecule has 18 heavy (non-hydrogen) atoms. The number of benzene rings is 1. The van der Waals surface area contributed by atoms with E-state index in [-0.39, 0.29) is 0 Å². The van der Waals surface area contributed by atoms with E-state index in [0.717, 1.165) is 6.42 Å². The second-order valence-corrected chi connectivity index (χ2v) is 6.64. The van der Waals surface area contributed by atoms with Crippen molar-refractivity contribution in [3.63, 3.8) is 0 Å². The largest absolute Gasteiger partial charge is 0.311 e. The van der Waals surface area contributed by atoms with Crippen molar-refractivity contribution in [1.29, 1.82) is 0 Å². The van der Waals surface area contributed by atoms with Gasteiger partial charge in [-0.25, -0.2) is 0 Å². The van der Waals surface area contributed by atoms with E-state index in [1.807, 2.05) is 0 Å². The Balaban J connectivity index is 2.04. The number of halogens is 1. The molecular weight excluding hydrogens is 286 g/mol. The molecular formula is C16H24BrN. The summed E-state index contributed by atoms with van der Waals surface area (Å²) in [5, 5.41) is 3.81. The first-order valence-corrected chi connectivity index (χ1v) is 7.92. The molecule has 1 aromatic rings. The minimum absolute atomic E-state index is 0.355. The molecule has 1 unspecified atom stereocenters.